The van der Waals surface area contributed by atoms with Crippen molar-refractivity contribution in [3.63, 3.8) is 0 Å². The molecule has 2 aromatic carbocycles. The Morgan fingerprint density at radius 3 is 2.62 bits per heavy atom. The molecule has 3 N–H and O–H groups in total. The van der Waals surface area contributed by atoms with Crippen LogP contribution in [0.3, 0.4) is 0 Å². The number of nitrogens with zero attached hydrogens (tertiary/aromatic N) is 1. The number of nitriles is 1. The average molecular weight is 409 g/mol. The van der Waals surface area contributed by atoms with Crippen LogP contribution < -0.4 is 11.1 Å². The van der Waals surface area contributed by atoms with Gasteiger partial charge in [0.1, 0.15) is 0 Å². The number of carbonyl (C=O) groups excluding carboxylic acids is 1. The van der Waals surface area contributed by atoms with Crippen molar-refractivity contribution >= 4 is 49.1 Å². The first-order valence-electron chi connectivity index (χ1n) is 5.99. The van der Waals surface area contributed by atoms with Crippen LogP contribution in [0, 0.1) is 18.3 Å². The van der Waals surface area contributed by atoms with Gasteiger partial charge in [-0.15, -0.1) is 0 Å². The molecule has 0 unspecified atom stereocenters. The molecule has 6 heteroatoms. The maximum Gasteiger partial charge on any atom is 0.256 e. The highest BCUT2D eigenvalue weighted by Crippen LogP contribution is 2.26. The predicted molar refractivity (Wildman–Crippen MR) is 90.1 cm³/mol. The minimum atomic E-state index is -0.258. The Morgan fingerprint density at radius 1 is 1.29 bits per heavy atom. The molecule has 0 aliphatic rings. The largest absolute Gasteiger partial charge is 0.398 e. The van der Waals surface area contributed by atoms with Gasteiger partial charge in [-0.1, -0.05) is 15.9 Å². The fourth-order valence-corrected chi connectivity index (χ4v) is 2.77. The van der Waals surface area contributed by atoms with Crippen molar-refractivity contribution in [3.05, 3.63) is 56.0 Å². The van der Waals surface area contributed by atoms with Gasteiger partial charge in [-0.25, -0.2) is 0 Å². The molecule has 0 bridgehead atoms. The van der Waals surface area contributed by atoms with E-state index < -0.39 is 0 Å². The van der Waals surface area contributed by atoms with Crippen molar-refractivity contribution in [3.8, 4) is 6.07 Å². The maximum atomic E-state index is 12.4. The van der Waals surface area contributed by atoms with Gasteiger partial charge in [0.25, 0.3) is 5.91 Å². The fraction of sp³-hybridized carbons (Fsp3) is 0.0667. The van der Waals surface area contributed by atoms with Crippen molar-refractivity contribution < 1.29 is 4.79 Å². The summed E-state index contributed by atoms with van der Waals surface area (Å²) < 4.78 is 1.39. The first kappa shape index (κ1) is 15.5. The summed E-state index contributed by atoms with van der Waals surface area (Å²) in [6.07, 6.45) is 0. The van der Waals surface area contributed by atoms with Crippen LogP contribution in [0.4, 0.5) is 11.4 Å². The summed E-state index contributed by atoms with van der Waals surface area (Å²) in [6, 6.07) is 10.5. The fourth-order valence-electron chi connectivity index (χ4n) is 1.81. The predicted octanol–water partition coefficient (Wildman–Crippen LogP) is 4.23. The molecule has 106 valence electrons. The zero-order chi connectivity index (χ0) is 15.6. The first-order chi connectivity index (χ1) is 9.92. The molecule has 0 aliphatic heterocycles. The number of rotatable bonds is 2. The number of carbonyl (C=O) groups is 1. The van der Waals surface area contributed by atoms with E-state index in [0.29, 0.717) is 27.0 Å². The summed E-state index contributed by atoms with van der Waals surface area (Å²) >= 11 is 6.67. The van der Waals surface area contributed by atoms with Gasteiger partial charge in [-0.05, 0) is 58.7 Å². The summed E-state index contributed by atoms with van der Waals surface area (Å²) in [4.78, 5) is 12.4. The van der Waals surface area contributed by atoms with Crippen molar-refractivity contribution in [2.24, 2.45) is 0 Å². The number of nitrogens with two attached hydrogens (primary N) is 1. The van der Waals surface area contributed by atoms with Crippen molar-refractivity contribution in [1.82, 2.24) is 0 Å². The van der Waals surface area contributed by atoms with Gasteiger partial charge >= 0.3 is 0 Å². The second-order valence-corrected chi connectivity index (χ2v) is 6.20. The lowest BCUT2D eigenvalue weighted by atomic mass is 10.1. The Labute approximate surface area is 139 Å². The SMILES string of the molecule is Cc1c(N)cc(Br)cc1C(=O)Nc1ccc(C#N)cc1Br. The summed E-state index contributed by atoms with van der Waals surface area (Å²) in [6.45, 7) is 1.80. The number of anilines is 2. The topological polar surface area (TPSA) is 78.9 Å². The third-order valence-electron chi connectivity index (χ3n) is 3.00. The highest BCUT2D eigenvalue weighted by molar-refractivity contribution is 9.10. The van der Waals surface area contributed by atoms with Gasteiger partial charge in [0.2, 0.25) is 0 Å². The third kappa shape index (κ3) is 3.43. The van der Waals surface area contributed by atoms with E-state index in [0.717, 1.165) is 10.0 Å². The molecule has 0 atom stereocenters. The lowest BCUT2D eigenvalue weighted by molar-refractivity contribution is 0.102. The van der Waals surface area contributed by atoms with Gasteiger partial charge in [0.15, 0.2) is 0 Å². The number of hydrogen-bond donors (Lipinski definition) is 2. The standard InChI is InChI=1S/C15H11Br2N3O/c1-8-11(5-10(16)6-13(8)19)15(21)20-14-3-2-9(7-18)4-12(14)17/h2-6H,19H2,1H3,(H,20,21). The zero-order valence-electron chi connectivity index (χ0n) is 11.1. The summed E-state index contributed by atoms with van der Waals surface area (Å²) in [7, 11) is 0. The lowest BCUT2D eigenvalue weighted by Crippen LogP contribution is -2.14. The van der Waals surface area contributed by atoms with Gasteiger partial charge in [0.05, 0.1) is 17.3 Å². The van der Waals surface area contributed by atoms with E-state index >= 15 is 0 Å². The normalized spacial score (nSPS) is 10.0. The minimum Gasteiger partial charge on any atom is -0.398 e. The molecule has 4 nitrogen and oxygen atoms in total. The Hall–Kier alpha value is -1.84. The van der Waals surface area contributed by atoms with Crippen LogP contribution in [-0.4, -0.2) is 5.91 Å². The van der Waals surface area contributed by atoms with Crippen molar-refractivity contribution in [2.75, 3.05) is 11.1 Å². The number of benzene rings is 2. The molecular formula is C15H11Br2N3O. The summed E-state index contributed by atoms with van der Waals surface area (Å²) in [5, 5.41) is 11.6. The summed E-state index contributed by atoms with van der Waals surface area (Å²) in [5.41, 5.74) is 8.75. The van der Waals surface area contributed by atoms with Crippen LogP contribution in [-0.2, 0) is 0 Å². The molecule has 0 fully saturated rings. The Balaban J connectivity index is 2.33. The van der Waals surface area contributed by atoms with E-state index in [1.54, 1.807) is 37.3 Å². The van der Waals surface area contributed by atoms with Crippen molar-refractivity contribution in [1.29, 1.82) is 5.26 Å². The molecule has 21 heavy (non-hydrogen) atoms. The van der Waals surface area contributed by atoms with E-state index in [2.05, 4.69) is 37.2 Å². The molecule has 0 aromatic heterocycles. The van der Waals surface area contributed by atoms with Gasteiger partial charge in [-0.3, -0.25) is 4.79 Å². The van der Waals surface area contributed by atoms with Crippen LogP contribution in [0.1, 0.15) is 21.5 Å². The molecule has 2 rings (SSSR count). The Morgan fingerprint density at radius 2 is 2.00 bits per heavy atom. The molecule has 0 spiro atoms. The number of nitrogens with one attached hydrogen (secondary N) is 1. The van der Waals surface area contributed by atoms with E-state index in [1.807, 2.05) is 6.07 Å². The van der Waals surface area contributed by atoms with E-state index in [4.69, 9.17) is 11.0 Å². The van der Waals surface area contributed by atoms with Crippen LogP contribution in [0.2, 0.25) is 0 Å². The number of halogens is 2. The van der Waals surface area contributed by atoms with Crippen LogP contribution in [0.25, 0.3) is 0 Å². The summed E-state index contributed by atoms with van der Waals surface area (Å²) in [5.74, 6) is -0.258. The second-order valence-electron chi connectivity index (χ2n) is 4.43. The first-order valence-corrected chi connectivity index (χ1v) is 7.57. The van der Waals surface area contributed by atoms with Gasteiger partial charge in [-0.2, -0.15) is 5.26 Å². The number of hydrogen-bond acceptors (Lipinski definition) is 3. The van der Waals surface area contributed by atoms with Crippen LogP contribution in [0.15, 0.2) is 39.3 Å². The average Bonchev–Trinajstić information content (AvgIpc) is 2.44. The van der Waals surface area contributed by atoms with E-state index in [-0.39, 0.29) is 5.91 Å². The van der Waals surface area contributed by atoms with Gasteiger partial charge in [0, 0.05) is 20.2 Å². The van der Waals surface area contributed by atoms with Gasteiger partial charge < -0.3 is 11.1 Å². The minimum absolute atomic E-state index is 0.258. The van der Waals surface area contributed by atoms with Crippen molar-refractivity contribution in [2.45, 2.75) is 6.92 Å². The monoisotopic (exact) mass is 407 g/mol. The highest BCUT2D eigenvalue weighted by Gasteiger charge is 2.14. The van der Waals surface area contributed by atoms with Crippen LogP contribution >= 0.6 is 31.9 Å². The number of nitrogen functional groups attached to an aromatic ring is 1. The second kappa shape index (κ2) is 6.29. The van der Waals surface area contributed by atoms with E-state index in [1.165, 1.54) is 0 Å². The Bertz CT molecular complexity index is 766. The molecular weight excluding hydrogens is 398 g/mol. The lowest BCUT2D eigenvalue weighted by Gasteiger charge is -2.11. The molecule has 0 saturated heterocycles. The molecule has 2 aromatic rings. The smallest absolute Gasteiger partial charge is 0.256 e. The Kier molecular flexibility index (Phi) is 4.66. The molecule has 0 aliphatic carbocycles. The molecule has 0 heterocycles. The molecule has 0 radical (unpaired) electrons. The number of amides is 1. The highest BCUT2D eigenvalue weighted by atomic mass is 79.9. The molecule has 1 amide bonds. The zero-order valence-corrected chi connectivity index (χ0v) is 14.2. The maximum absolute atomic E-state index is 12.4. The van der Waals surface area contributed by atoms with E-state index in [9.17, 15) is 4.79 Å². The molecule has 0 saturated carbocycles. The van der Waals surface area contributed by atoms with Crippen LogP contribution in [0.5, 0.6) is 0 Å². The third-order valence-corrected chi connectivity index (χ3v) is 4.12. The quantitative estimate of drug-likeness (QED) is 0.729.